The van der Waals surface area contributed by atoms with E-state index in [1.54, 1.807) is 0 Å². The Morgan fingerprint density at radius 2 is 1.95 bits per heavy atom. The Hall–Kier alpha value is -0.680. The van der Waals surface area contributed by atoms with E-state index in [4.69, 9.17) is 23.2 Å². The fraction of sp³-hybridized carbons (Fsp3) is 0.429. The molecule has 2 rings (SSSR count). The predicted octanol–water partition coefficient (Wildman–Crippen LogP) is 4.30. The summed E-state index contributed by atoms with van der Waals surface area (Å²) in [5, 5.41) is 9.07. The van der Waals surface area contributed by atoms with Gasteiger partial charge >= 0.3 is 0 Å². The lowest BCUT2D eigenvalue weighted by molar-refractivity contribution is 0.553. The molecule has 0 radical (unpaired) electrons. The van der Waals surface area contributed by atoms with Crippen LogP contribution in [0.25, 0.3) is 0 Å². The van der Waals surface area contributed by atoms with Crippen LogP contribution in [0.3, 0.4) is 0 Å². The normalized spacial score (nSPS) is 12.6. The zero-order valence-electron chi connectivity index (χ0n) is 11.5. The summed E-state index contributed by atoms with van der Waals surface area (Å²) in [6.45, 7) is 5.04. The average Bonchev–Trinajstić information content (AvgIpc) is 2.90. The standard InChI is InChI=1S/C14H17Cl2N3S/c1-3-12-14(20-19-18-12)13(17-4-2)8-9-10(15)6-5-7-11(9)16/h5-7,13,17H,3-4,8H2,1-2H3. The molecular formula is C14H17Cl2N3S. The van der Waals surface area contributed by atoms with Crippen molar-refractivity contribution in [2.24, 2.45) is 0 Å². The molecule has 0 aliphatic rings. The Kier molecular flexibility index (Phi) is 5.78. The molecule has 3 nitrogen and oxygen atoms in total. The highest BCUT2D eigenvalue weighted by atomic mass is 35.5. The molecule has 0 bridgehead atoms. The van der Waals surface area contributed by atoms with E-state index in [1.165, 1.54) is 16.4 Å². The summed E-state index contributed by atoms with van der Waals surface area (Å²) in [5.74, 6) is 0. The van der Waals surface area contributed by atoms with Gasteiger partial charge in [-0.15, -0.1) is 5.10 Å². The number of benzene rings is 1. The molecule has 1 heterocycles. The quantitative estimate of drug-likeness (QED) is 0.858. The van der Waals surface area contributed by atoms with Gasteiger partial charge in [0, 0.05) is 16.1 Å². The first-order valence-electron chi connectivity index (χ1n) is 6.64. The van der Waals surface area contributed by atoms with Crippen LogP contribution in [0.15, 0.2) is 18.2 Å². The van der Waals surface area contributed by atoms with Crippen LogP contribution in [-0.4, -0.2) is 16.1 Å². The minimum Gasteiger partial charge on any atom is -0.309 e. The van der Waals surface area contributed by atoms with Gasteiger partial charge < -0.3 is 5.32 Å². The summed E-state index contributed by atoms with van der Waals surface area (Å²) >= 11 is 14.0. The van der Waals surface area contributed by atoms with Crippen molar-refractivity contribution < 1.29 is 0 Å². The fourth-order valence-electron chi connectivity index (χ4n) is 2.16. The number of halogens is 2. The van der Waals surface area contributed by atoms with Crippen LogP contribution in [0.5, 0.6) is 0 Å². The van der Waals surface area contributed by atoms with Crippen molar-refractivity contribution in [3.63, 3.8) is 0 Å². The molecule has 1 unspecified atom stereocenters. The Bertz CT molecular complexity index is 551. The van der Waals surface area contributed by atoms with Crippen LogP contribution in [0.2, 0.25) is 10.0 Å². The summed E-state index contributed by atoms with van der Waals surface area (Å²) < 4.78 is 4.07. The molecule has 1 aromatic heterocycles. The molecule has 0 spiro atoms. The zero-order valence-corrected chi connectivity index (χ0v) is 13.8. The number of likely N-dealkylation sites (N-methyl/N-ethyl adjacent to an activating group) is 1. The topological polar surface area (TPSA) is 37.8 Å². The fourth-order valence-corrected chi connectivity index (χ4v) is 3.52. The first-order chi connectivity index (χ1) is 9.67. The van der Waals surface area contributed by atoms with Gasteiger partial charge in [0.15, 0.2) is 0 Å². The van der Waals surface area contributed by atoms with Crippen molar-refractivity contribution in [3.8, 4) is 0 Å². The first-order valence-corrected chi connectivity index (χ1v) is 8.17. The molecule has 1 aromatic carbocycles. The van der Waals surface area contributed by atoms with Gasteiger partial charge in [-0.05, 0) is 48.6 Å². The predicted molar refractivity (Wildman–Crippen MR) is 85.9 cm³/mol. The maximum Gasteiger partial charge on any atom is 0.0801 e. The highest BCUT2D eigenvalue weighted by molar-refractivity contribution is 7.05. The number of nitrogens with zero attached hydrogens (tertiary/aromatic N) is 2. The molecule has 0 fully saturated rings. The molecule has 0 aliphatic heterocycles. The van der Waals surface area contributed by atoms with Crippen molar-refractivity contribution >= 4 is 34.7 Å². The lowest BCUT2D eigenvalue weighted by atomic mass is 10.0. The molecule has 108 valence electrons. The number of aryl methyl sites for hydroxylation is 1. The van der Waals surface area contributed by atoms with Gasteiger partial charge in [-0.2, -0.15) is 0 Å². The number of hydrogen-bond acceptors (Lipinski definition) is 4. The summed E-state index contributed by atoms with van der Waals surface area (Å²) in [6.07, 6.45) is 1.62. The molecule has 6 heteroatoms. The highest BCUT2D eigenvalue weighted by Gasteiger charge is 2.20. The zero-order chi connectivity index (χ0) is 14.5. The van der Waals surface area contributed by atoms with E-state index in [2.05, 4.69) is 28.8 Å². The second-order valence-electron chi connectivity index (χ2n) is 4.45. The maximum atomic E-state index is 6.27. The van der Waals surface area contributed by atoms with Crippen LogP contribution < -0.4 is 5.32 Å². The lowest BCUT2D eigenvalue weighted by Crippen LogP contribution is -2.23. The minimum absolute atomic E-state index is 0.146. The van der Waals surface area contributed by atoms with E-state index in [0.29, 0.717) is 10.0 Å². The lowest BCUT2D eigenvalue weighted by Gasteiger charge is -2.18. The van der Waals surface area contributed by atoms with Crippen LogP contribution in [0.1, 0.15) is 36.0 Å². The molecule has 0 saturated heterocycles. The largest absolute Gasteiger partial charge is 0.309 e. The van der Waals surface area contributed by atoms with Crippen LogP contribution in [-0.2, 0) is 12.8 Å². The molecule has 0 amide bonds. The van der Waals surface area contributed by atoms with E-state index in [0.717, 1.165) is 30.6 Å². The van der Waals surface area contributed by atoms with Crippen molar-refractivity contribution in [2.45, 2.75) is 32.7 Å². The number of aromatic nitrogens is 2. The molecular weight excluding hydrogens is 313 g/mol. The monoisotopic (exact) mass is 329 g/mol. The second-order valence-corrected chi connectivity index (χ2v) is 6.05. The molecule has 0 saturated carbocycles. The van der Waals surface area contributed by atoms with Gasteiger partial charge in [-0.3, -0.25) is 0 Å². The minimum atomic E-state index is 0.146. The van der Waals surface area contributed by atoms with Gasteiger partial charge in [0.25, 0.3) is 0 Å². The first kappa shape index (κ1) is 15.7. The van der Waals surface area contributed by atoms with E-state index >= 15 is 0 Å². The third-order valence-corrected chi connectivity index (χ3v) is 4.75. The molecule has 2 aromatic rings. The van der Waals surface area contributed by atoms with Crippen molar-refractivity contribution in [1.29, 1.82) is 0 Å². The number of rotatable bonds is 6. The number of hydrogen-bond donors (Lipinski definition) is 1. The molecule has 1 N–H and O–H groups in total. The summed E-state index contributed by atoms with van der Waals surface area (Å²) in [5.41, 5.74) is 2.02. The van der Waals surface area contributed by atoms with E-state index in [1.807, 2.05) is 18.2 Å². The maximum absolute atomic E-state index is 6.27. The molecule has 20 heavy (non-hydrogen) atoms. The summed E-state index contributed by atoms with van der Waals surface area (Å²) in [4.78, 5) is 1.17. The van der Waals surface area contributed by atoms with Crippen LogP contribution in [0.4, 0.5) is 0 Å². The van der Waals surface area contributed by atoms with Crippen molar-refractivity contribution in [1.82, 2.24) is 14.9 Å². The Labute approximate surface area is 133 Å². The summed E-state index contributed by atoms with van der Waals surface area (Å²) in [6, 6.07) is 5.75. The SMILES string of the molecule is CCNC(Cc1c(Cl)cccc1Cl)c1snnc1CC. The van der Waals surface area contributed by atoms with Gasteiger partial charge in [0.1, 0.15) is 0 Å². The van der Waals surface area contributed by atoms with Crippen molar-refractivity contribution in [3.05, 3.63) is 44.4 Å². The van der Waals surface area contributed by atoms with Crippen LogP contribution >= 0.6 is 34.7 Å². The van der Waals surface area contributed by atoms with Gasteiger partial charge in [-0.25, -0.2) is 0 Å². The third-order valence-electron chi connectivity index (χ3n) is 3.16. The third kappa shape index (κ3) is 3.50. The highest BCUT2D eigenvalue weighted by Crippen LogP contribution is 2.31. The van der Waals surface area contributed by atoms with Gasteiger partial charge in [0.05, 0.1) is 10.6 Å². The Morgan fingerprint density at radius 3 is 2.55 bits per heavy atom. The van der Waals surface area contributed by atoms with E-state index in [-0.39, 0.29) is 6.04 Å². The van der Waals surface area contributed by atoms with Crippen LogP contribution in [0, 0.1) is 0 Å². The smallest absolute Gasteiger partial charge is 0.0801 e. The second kappa shape index (κ2) is 7.36. The van der Waals surface area contributed by atoms with Gasteiger partial charge in [-0.1, -0.05) is 47.6 Å². The Balaban J connectivity index is 2.30. The van der Waals surface area contributed by atoms with Crippen molar-refractivity contribution in [2.75, 3.05) is 6.54 Å². The molecule has 1 atom stereocenters. The molecule has 0 aliphatic carbocycles. The van der Waals surface area contributed by atoms with E-state index in [9.17, 15) is 0 Å². The van der Waals surface area contributed by atoms with E-state index < -0.39 is 0 Å². The summed E-state index contributed by atoms with van der Waals surface area (Å²) in [7, 11) is 0. The Morgan fingerprint density at radius 1 is 1.25 bits per heavy atom. The average molecular weight is 330 g/mol. The number of nitrogens with one attached hydrogen (secondary N) is 1. The van der Waals surface area contributed by atoms with Gasteiger partial charge in [0.2, 0.25) is 0 Å².